The van der Waals surface area contributed by atoms with Crippen molar-refractivity contribution in [3.05, 3.63) is 33.8 Å². The van der Waals surface area contributed by atoms with Crippen LogP contribution in [0, 0.1) is 5.92 Å². The third-order valence-electron chi connectivity index (χ3n) is 4.17. The second kappa shape index (κ2) is 8.55. The van der Waals surface area contributed by atoms with E-state index >= 15 is 0 Å². The van der Waals surface area contributed by atoms with Crippen LogP contribution in [-0.2, 0) is 20.7 Å². The van der Waals surface area contributed by atoms with Crippen molar-refractivity contribution in [1.82, 2.24) is 5.32 Å². The van der Waals surface area contributed by atoms with Gasteiger partial charge in [0.05, 0.1) is 6.42 Å². The first-order valence-electron chi connectivity index (χ1n) is 7.84. The first-order valence-corrected chi connectivity index (χ1v) is 8.60. The number of ether oxygens (including phenoxy) is 1. The van der Waals surface area contributed by atoms with Gasteiger partial charge in [-0.1, -0.05) is 49.0 Å². The van der Waals surface area contributed by atoms with Crippen LogP contribution in [0.1, 0.15) is 38.2 Å². The molecular weight excluding hydrogens is 337 g/mol. The van der Waals surface area contributed by atoms with Gasteiger partial charge in [0.15, 0.2) is 6.61 Å². The Labute approximate surface area is 146 Å². The molecule has 1 saturated carbocycles. The molecule has 1 amide bonds. The summed E-state index contributed by atoms with van der Waals surface area (Å²) in [5.74, 6) is -0.267. The third kappa shape index (κ3) is 5.70. The van der Waals surface area contributed by atoms with E-state index in [1.54, 1.807) is 18.2 Å². The van der Waals surface area contributed by atoms with Gasteiger partial charge in [0.1, 0.15) is 0 Å². The largest absolute Gasteiger partial charge is 0.455 e. The van der Waals surface area contributed by atoms with E-state index in [2.05, 4.69) is 12.2 Å². The van der Waals surface area contributed by atoms with Gasteiger partial charge in [-0.2, -0.15) is 0 Å². The standard InChI is InChI=1S/C17H21Cl2NO3/c1-11-4-2-3-5-15(11)20-16(21)10-23-17(22)8-12-6-7-13(18)9-14(12)19/h6-7,9,11,15H,2-5,8,10H2,1H3,(H,20,21)/t11-,15-/m1/s1. The molecule has 1 aromatic carbocycles. The molecule has 1 N–H and O–H groups in total. The fourth-order valence-corrected chi connectivity index (χ4v) is 3.27. The van der Waals surface area contributed by atoms with Crippen molar-refractivity contribution in [3.8, 4) is 0 Å². The number of esters is 1. The van der Waals surface area contributed by atoms with Gasteiger partial charge in [-0.3, -0.25) is 9.59 Å². The topological polar surface area (TPSA) is 55.4 Å². The minimum atomic E-state index is -0.485. The summed E-state index contributed by atoms with van der Waals surface area (Å²) >= 11 is 11.8. The highest BCUT2D eigenvalue weighted by molar-refractivity contribution is 6.35. The molecule has 0 radical (unpaired) electrons. The number of hydrogen-bond donors (Lipinski definition) is 1. The van der Waals surface area contributed by atoms with Crippen molar-refractivity contribution < 1.29 is 14.3 Å². The van der Waals surface area contributed by atoms with E-state index in [1.807, 2.05) is 0 Å². The Balaban J connectivity index is 1.76. The highest BCUT2D eigenvalue weighted by atomic mass is 35.5. The zero-order valence-corrected chi connectivity index (χ0v) is 14.6. The van der Waals surface area contributed by atoms with Gasteiger partial charge in [0, 0.05) is 16.1 Å². The molecule has 0 aromatic heterocycles. The Morgan fingerprint density at radius 2 is 2.00 bits per heavy atom. The molecule has 1 fully saturated rings. The molecular formula is C17H21Cl2NO3. The number of halogens is 2. The van der Waals surface area contributed by atoms with E-state index in [-0.39, 0.29) is 25.0 Å². The lowest BCUT2D eigenvalue weighted by molar-refractivity contribution is -0.148. The van der Waals surface area contributed by atoms with Gasteiger partial charge >= 0.3 is 5.97 Å². The molecule has 23 heavy (non-hydrogen) atoms. The first kappa shape index (κ1) is 18.1. The SMILES string of the molecule is C[C@@H]1CCCC[C@H]1NC(=O)COC(=O)Cc1ccc(Cl)cc1Cl. The van der Waals surface area contributed by atoms with Crippen LogP contribution in [0.25, 0.3) is 0 Å². The lowest BCUT2D eigenvalue weighted by Crippen LogP contribution is -2.42. The highest BCUT2D eigenvalue weighted by Gasteiger charge is 2.23. The average molecular weight is 358 g/mol. The molecule has 0 spiro atoms. The molecule has 1 aromatic rings. The summed E-state index contributed by atoms with van der Waals surface area (Å²) in [6, 6.07) is 5.09. The van der Waals surface area contributed by atoms with Gasteiger partial charge in [-0.25, -0.2) is 0 Å². The number of carbonyl (C=O) groups is 2. The first-order chi connectivity index (χ1) is 11.0. The van der Waals surface area contributed by atoms with Crippen LogP contribution in [0.2, 0.25) is 10.0 Å². The van der Waals surface area contributed by atoms with E-state index in [4.69, 9.17) is 27.9 Å². The predicted molar refractivity (Wildman–Crippen MR) is 90.7 cm³/mol. The molecule has 1 aliphatic rings. The Kier molecular flexibility index (Phi) is 6.72. The highest BCUT2D eigenvalue weighted by Crippen LogP contribution is 2.24. The Hall–Kier alpha value is -1.26. The number of benzene rings is 1. The van der Waals surface area contributed by atoms with E-state index in [0.29, 0.717) is 21.5 Å². The zero-order chi connectivity index (χ0) is 16.8. The molecule has 0 bridgehead atoms. The molecule has 1 aliphatic carbocycles. The van der Waals surface area contributed by atoms with Gasteiger partial charge in [-0.15, -0.1) is 0 Å². The zero-order valence-electron chi connectivity index (χ0n) is 13.1. The lowest BCUT2D eigenvalue weighted by atomic mass is 9.86. The molecule has 2 rings (SSSR count). The Morgan fingerprint density at radius 3 is 2.70 bits per heavy atom. The monoisotopic (exact) mass is 357 g/mol. The third-order valence-corrected chi connectivity index (χ3v) is 4.76. The minimum absolute atomic E-state index is 0.0170. The molecule has 0 heterocycles. The van der Waals surface area contributed by atoms with Crippen LogP contribution in [0.5, 0.6) is 0 Å². The average Bonchev–Trinajstić information content (AvgIpc) is 2.50. The van der Waals surface area contributed by atoms with E-state index in [9.17, 15) is 9.59 Å². The molecule has 4 nitrogen and oxygen atoms in total. The summed E-state index contributed by atoms with van der Waals surface area (Å²) in [6.07, 6.45) is 4.47. The molecule has 6 heteroatoms. The van der Waals surface area contributed by atoms with Crippen LogP contribution in [0.15, 0.2) is 18.2 Å². The lowest BCUT2D eigenvalue weighted by Gasteiger charge is -2.29. The second-order valence-corrected chi connectivity index (χ2v) is 6.85. The summed E-state index contributed by atoms with van der Waals surface area (Å²) in [7, 11) is 0. The van der Waals surface area contributed by atoms with Crippen molar-refractivity contribution >= 4 is 35.1 Å². The van der Waals surface area contributed by atoms with Crippen molar-refractivity contribution in [3.63, 3.8) is 0 Å². The molecule has 2 atom stereocenters. The summed E-state index contributed by atoms with van der Waals surface area (Å²) in [5.41, 5.74) is 0.627. The van der Waals surface area contributed by atoms with Crippen molar-refractivity contribution in [1.29, 1.82) is 0 Å². The van der Waals surface area contributed by atoms with Crippen LogP contribution < -0.4 is 5.32 Å². The fraction of sp³-hybridized carbons (Fsp3) is 0.529. The fourth-order valence-electron chi connectivity index (χ4n) is 2.80. The van der Waals surface area contributed by atoms with Crippen molar-refractivity contribution in [2.45, 2.75) is 45.1 Å². The summed E-state index contributed by atoms with van der Waals surface area (Å²) < 4.78 is 5.03. The van der Waals surface area contributed by atoms with E-state index in [0.717, 1.165) is 19.3 Å². The maximum Gasteiger partial charge on any atom is 0.310 e. The van der Waals surface area contributed by atoms with E-state index in [1.165, 1.54) is 6.42 Å². The van der Waals surface area contributed by atoms with E-state index < -0.39 is 5.97 Å². The second-order valence-electron chi connectivity index (χ2n) is 6.01. The normalized spacial score (nSPS) is 20.8. The Bertz CT molecular complexity index is 577. The van der Waals surface area contributed by atoms with Crippen LogP contribution in [0.4, 0.5) is 0 Å². The summed E-state index contributed by atoms with van der Waals surface area (Å²) in [4.78, 5) is 23.7. The number of rotatable bonds is 5. The number of amides is 1. The smallest absolute Gasteiger partial charge is 0.310 e. The maximum atomic E-state index is 11.9. The molecule has 126 valence electrons. The van der Waals surface area contributed by atoms with Crippen LogP contribution >= 0.6 is 23.2 Å². The van der Waals surface area contributed by atoms with Gasteiger partial charge < -0.3 is 10.1 Å². The van der Waals surface area contributed by atoms with Gasteiger partial charge in [0.25, 0.3) is 5.91 Å². The van der Waals surface area contributed by atoms with Crippen molar-refractivity contribution in [2.75, 3.05) is 6.61 Å². The van der Waals surface area contributed by atoms with Gasteiger partial charge in [-0.05, 0) is 36.5 Å². The summed E-state index contributed by atoms with van der Waals surface area (Å²) in [6.45, 7) is 1.88. The number of nitrogens with one attached hydrogen (secondary N) is 1. The summed E-state index contributed by atoms with van der Waals surface area (Å²) in [5, 5.41) is 3.87. The minimum Gasteiger partial charge on any atom is -0.455 e. The Morgan fingerprint density at radius 1 is 1.26 bits per heavy atom. The predicted octanol–water partition coefficient (Wildman–Crippen LogP) is 3.77. The van der Waals surface area contributed by atoms with Gasteiger partial charge in [0.2, 0.25) is 0 Å². The number of carbonyl (C=O) groups excluding carboxylic acids is 2. The van der Waals surface area contributed by atoms with Crippen molar-refractivity contribution in [2.24, 2.45) is 5.92 Å². The number of hydrogen-bond acceptors (Lipinski definition) is 3. The quantitative estimate of drug-likeness (QED) is 0.815. The van der Waals surface area contributed by atoms with Crippen LogP contribution in [-0.4, -0.2) is 24.5 Å². The maximum absolute atomic E-state index is 11.9. The molecule has 0 saturated heterocycles. The molecule has 0 aliphatic heterocycles. The van der Waals surface area contributed by atoms with Crippen LogP contribution in [0.3, 0.4) is 0 Å². The molecule has 0 unspecified atom stereocenters.